The zero-order valence-corrected chi connectivity index (χ0v) is 8.38. The lowest BCUT2D eigenvalue weighted by molar-refractivity contribution is -0.118. The molecular formula is C9H11ClN2O2. The molecule has 0 unspecified atom stereocenters. The van der Waals surface area contributed by atoms with E-state index in [1.54, 1.807) is 6.20 Å². The molecule has 76 valence electrons. The summed E-state index contributed by atoms with van der Waals surface area (Å²) in [4.78, 5) is 10.9. The second-order valence-electron chi connectivity index (χ2n) is 3.40. The van der Waals surface area contributed by atoms with Crippen LogP contribution in [-0.4, -0.2) is 16.9 Å². The summed E-state index contributed by atoms with van der Waals surface area (Å²) in [5.74, 6) is 1.25. The highest BCUT2D eigenvalue weighted by molar-refractivity contribution is 6.27. The Bertz CT molecular complexity index is 333. The van der Waals surface area contributed by atoms with Gasteiger partial charge in [0.25, 0.3) is 0 Å². The molecule has 5 heteroatoms. The molecule has 1 amide bonds. The Morgan fingerprint density at radius 3 is 3.14 bits per heavy atom. The lowest BCUT2D eigenvalue weighted by Gasteiger charge is -2.01. The summed E-state index contributed by atoms with van der Waals surface area (Å²) in [7, 11) is 0. The summed E-state index contributed by atoms with van der Waals surface area (Å²) >= 11 is 5.36. The maximum Gasteiger partial charge on any atom is 0.235 e. The van der Waals surface area contributed by atoms with Gasteiger partial charge >= 0.3 is 0 Å². The van der Waals surface area contributed by atoms with Gasteiger partial charge in [0, 0.05) is 18.0 Å². The molecule has 1 aliphatic rings. The Morgan fingerprint density at radius 2 is 2.50 bits per heavy atom. The Morgan fingerprint density at radius 1 is 1.71 bits per heavy atom. The van der Waals surface area contributed by atoms with Crippen molar-refractivity contribution < 1.29 is 9.32 Å². The van der Waals surface area contributed by atoms with E-state index in [1.165, 1.54) is 0 Å². The van der Waals surface area contributed by atoms with Gasteiger partial charge in [-0.3, -0.25) is 4.79 Å². The number of halogens is 1. The van der Waals surface area contributed by atoms with Crippen molar-refractivity contribution in [2.75, 3.05) is 5.88 Å². The Kier molecular flexibility index (Phi) is 2.72. The van der Waals surface area contributed by atoms with E-state index in [0.29, 0.717) is 12.5 Å². The number of alkyl halides is 1. The van der Waals surface area contributed by atoms with E-state index < -0.39 is 0 Å². The molecule has 1 aromatic heterocycles. The van der Waals surface area contributed by atoms with E-state index in [2.05, 4.69) is 10.5 Å². The molecule has 1 aliphatic carbocycles. The van der Waals surface area contributed by atoms with Crippen LogP contribution in [0.3, 0.4) is 0 Å². The molecular weight excluding hydrogens is 204 g/mol. The molecule has 0 aromatic carbocycles. The quantitative estimate of drug-likeness (QED) is 0.771. The predicted molar refractivity (Wildman–Crippen MR) is 51.0 cm³/mol. The summed E-state index contributed by atoms with van der Waals surface area (Å²) in [6.07, 6.45) is 3.97. The highest BCUT2D eigenvalue weighted by atomic mass is 35.5. The monoisotopic (exact) mass is 214 g/mol. The van der Waals surface area contributed by atoms with Crippen molar-refractivity contribution in [1.29, 1.82) is 0 Å². The molecule has 1 N–H and O–H groups in total. The molecule has 0 spiro atoms. The van der Waals surface area contributed by atoms with Crippen molar-refractivity contribution >= 4 is 17.5 Å². The third-order valence-corrected chi connectivity index (χ3v) is 2.46. The number of hydrogen-bond donors (Lipinski definition) is 1. The fraction of sp³-hybridized carbons (Fsp3) is 0.556. The summed E-state index contributed by atoms with van der Waals surface area (Å²) < 4.78 is 5.12. The van der Waals surface area contributed by atoms with Crippen molar-refractivity contribution in [3.63, 3.8) is 0 Å². The average Bonchev–Trinajstić information content (AvgIpc) is 2.94. The number of carbonyl (C=O) groups is 1. The highest BCUT2D eigenvalue weighted by Gasteiger charge is 2.29. The Labute approximate surface area is 86.6 Å². The summed E-state index contributed by atoms with van der Waals surface area (Å²) in [5.41, 5.74) is 0.964. The topological polar surface area (TPSA) is 55.1 Å². The van der Waals surface area contributed by atoms with Crippen LogP contribution in [0.1, 0.15) is 30.1 Å². The zero-order valence-electron chi connectivity index (χ0n) is 7.62. The fourth-order valence-electron chi connectivity index (χ4n) is 1.33. The van der Waals surface area contributed by atoms with Gasteiger partial charge in [0.05, 0.1) is 6.20 Å². The zero-order chi connectivity index (χ0) is 9.97. The van der Waals surface area contributed by atoms with Crippen molar-refractivity contribution in [2.45, 2.75) is 25.3 Å². The molecule has 1 fully saturated rings. The Balaban J connectivity index is 1.94. The van der Waals surface area contributed by atoms with Crippen LogP contribution in [0.4, 0.5) is 0 Å². The predicted octanol–water partition coefficient (Wildman–Crippen LogP) is 1.41. The van der Waals surface area contributed by atoms with E-state index in [1.807, 2.05) is 0 Å². The van der Waals surface area contributed by atoms with Gasteiger partial charge in [-0.05, 0) is 12.8 Å². The van der Waals surface area contributed by atoms with Crippen molar-refractivity contribution in [1.82, 2.24) is 10.5 Å². The second-order valence-corrected chi connectivity index (χ2v) is 3.67. The molecule has 1 saturated carbocycles. The lowest BCUT2D eigenvalue weighted by atomic mass is 10.2. The first-order chi connectivity index (χ1) is 6.81. The SMILES string of the molecule is O=C(CCl)NCc1cnoc1C1CC1. The number of nitrogens with zero attached hydrogens (tertiary/aromatic N) is 1. The van der Waals surface area contributed by atoms with Gasteiger partial charge in [-0.25, -0.2) is 0 Å². The fourth-order valence-corrected chi connectivity index (χ4v) is 1.42. The minimum atomic E-state index is -0.172. The van der Waals surface area contributed by atoms with E-state index in [-0.39, 0.29) is 11.8 Å². The van der Waals surface area contributed by atoms with E-state index in [9.17, 15) is 4.79 Å². The molecule has 0 bridgehead atoms. The minimum absolute atomic E-state index is 0.00988. The van der Waals surface area contributed by atoms with Crippen LogP contribution in [0.2, 0.25) is 0 Å². The molecule has 1 aromatic rings. The third kappa shape index (κ3) is 2.07. The molecule has 2 rings (SSSR count). The van der Waals surface area contributed by atoms with Crippen LogP contribution in [0.25, 0.3) is 0 Å². The summed E-state index contributed by atoms with van der Waals surface area (Å²) in [6.45, 7) is 0.459. The maximum atomic E-state index is 10.9. The number of nitrogens with one attached hydrogen (secondary N) is 1. The number of amides is 1. The van der Waals surface area contributed by atoms with Crippen LogP contribution in [0, 0.1) is 0 Å². The molecule has 0 atom stereocenters. The van der Waals surface area contributed by atoms with E-state index in [0.717, 1.165) is 24.2 Å². The number of aromatic nitrogens is 1. The van der Waals surface area contributed by atoms with Crippen molar-refractivity contribution in [3.8, 4) is 0 Å². The molecule has 0 radical (unpaired) electrons. The minimum Gasteiger partial charge on any atom is -0.361 e. The summed E-state index contributed by atoms with van der Waals surface area (Å²) in [6, 6.07) is 0. The molecule has 0 aliphatic heterocycles. The van der Waals surface area contributed by atoms with Gasteiger partial charge < -0.3 is 9.84 Å². The van der Waals surface area contributed by atoms with Crippen LogP contribution in [-0.2, 0) is 11.3 Å². The molecule has 4 nitrogen and oxygen atoms in total. The maximum absolute atomic E-state index is 10.9. The number of carbonyl (C=O) groups excluding carboxylic acids is 1. The lowest BCUT2D eigenvalue weighted by Crippen LogP contribution is -2.23. The van der Waals surface area contributed by atoms with E-state index in [4.69, 9.17) is 16.1 Å². The molecule has 1 heterocycles. The highest BCUT2D eigenvalue weighted by Crippen LogP contribution is 2.41. The van der Waals surface area contributed by atoms with Crippen LogP contribution in [0.5, 0.6) is 0 Å². The van der Waals surface area contributed by atoms with Crippen LogP contribution in [0.15, 0.2) is 10.7 Å². The Hall–Kier alpha value is -1.03. The van der Waals surface area contributed by atoms with Gasteiger partial charge in [-0.1, -0.05) is 5.16 Å². The third-order valence-electron chi connectivity index (χ3n) is 2.22. The van der Waals surface area contributed by atoms with Crippen molar-refractivity contribution in [2.24, 2.45) is 0 Å². The van der Waals surface area contributed by atoms with Gasteiger partial charge in [-0.2, -0.15) is 0 Å². The molecule has 14 heavy (non-hydrogen) atoms. The van der Waals surface area contributed by atoms with Gasteiger partial charge in [-0.15, -0.1) is 11.6 Å². The standard InChI is InChI=1S/C9H11ClN2O2/c10-3-8(13)11-4-7-5-12-14-9(7)6-1-2-6/h5-6H,1-4H2,(H,11,13). The van der Waals surface area contributed by atoms with E-state index >= 15 is 0 Å². The van der Waals surface area contributed by atoms with Gasteiger partial charge in [0.2, 0.25) is 5.91 Å². The molecule has 0 saturated heterocycles. The normalized spacial score (nSPS) is 15.5. The second kappa shape index (κ2) is 4.00. The van der Waals surface area contributed by atoms with Crippen LogP contribution < -0.4 is 5.32 Å². The number of rotatable bonds is 4. The summed E-state index contributed by atoms with van der Waals surface area (Å²) in [5, 5.41) is 6.41. The van der Waals surface area contributed by atoms with Gasteiger partial charge in [0.1, 0.15) is 11.6 Å². The van der Waals surface area contributed by atoms with Gasteiger partial charge in [0.15, 0.2) is 0 Å². The first kappa shape index (κ1) is 9.52. The largest absolute Gasteiger partial charge is 0.361 e. The van der Waals surface area contributed by atoms with Crippen LogP contribution >= 0.6 is 11.6 Å². The number of hydrogen-bond acceptors (Lipinski definition) is 3. The first-order valence-electron chi connectivity index (χ1n) is 4.57. The van der Waals surface area contributed by atoms with Crippen molar-refractivity contribution in [3.05, 3.63) is 17.5 Å². The average molecular weight is 215 g/mol. The smallest absolute Gasteiger partial charge is 0.235 e. The first-order valence-corrected chi connectivity index (χ1v) is 5.11.